The minimum atomic E-state index is -0.567. The van der Waals surface area contributed by atoms with Crippen molar-refractivity contribution in [2.45, 2.75) is 45.4 Å². The lowest BCUT2D eigenvalue weighted by Gasteiger charge is -2.36. The van der Waals surface area contributed by atoms with Crippen molar-refractivity contribution in [3.63, 3.8) is 0 Å². The molecule has 0 amide bonds. The molecule has 5 nitrogen and oxygen atoms in total. The van der Waals surface area contributed by atoms with Crippen molar-refractivity contribution >= 4 is 11.8 Å². The summed E-state index contributed by atoms with van der Waals surface area (Å²) >= 11 is 0. The first kappa shape index (κ1) is 21.9. The Hall–Kier alpha value is -3.34. The summed E-state index contributed by atoms with van der Waals surface area (Å²) in [6.07, 6.45) is 1.07. The van der Waals surface area contributed by atoms with Crippen LogP contribution in [0.15, 0.2) is 77.1 Å². The third-order valence-corrected chi connectivity index (χ3v) is 6.07. The molecule has 0 fully saturated rings. The molecule has 0 radical (unpaired) electrons. The van der Waals surface area contributed by atoms with E-state index in [1.165, 1.54) is 0 Å². The van der Waals surface area contributed by atoms with Crippen LogP contribution in [0, 0.1) is 5.92 Å². The predicted molar refractivity (Wildman–Crippen MR) is 123 cm³/mol. The van der Waals surface area contributed by atoms with Crippen LogP contribution < -0.4 is 5.32 Å². The van der Waals surface area contributed by atoms with Crippen LogP contribution >= 0.6 is 0 Å². The van der Waals surface area contributed by atoms with Gasteiger partial charge in [0.25, 0.3) is 0 Å². The maximum absolute atomic E-state index is 13.5. The van der Waals surface area contributed by atoms with E-state index >= 15 is 0 Å². The maximum Gasteiger partial charge on any atom is 0.336 e. The van der Waals surface area contributed by atoms with Gasteiger partial charge in [0, 0.05) is 29.3 Å². The number of Topliss-reactive ketones (excluding diaryl/α,β-unsaturated/α-hetero) is 1. The highest BCUT2D eigenvalue weighted by Gasteiger charge is 2.41. The molecule has 0 spiro atoms. The fourth-order valence-corrected chi connectivity index (χ4v) is 4.63. The molecule has 2 N–H and O–H groups in total. The molecular weight excluding hydrogens is 402 g/mol. The van der Waals surface area contributed by atoms with Crippen molar-refractivity contribution in [3.05, 3.63) is 88.3 Å². The summed E-state index contributed by atoms with van der Waals surface area (Å²) in [6, 6.07) is 16.8. The molecule has 0 saturated heterocycles. The van der Waals surface area contributed by atoms with Gasteiger partial charge >= 0.3 is 5.97 Å². The minimum Gasteiger partial charge on any atom is -0.508 e. The largest absolute Gasteiger partial charge is 0.508 e. The van der Waals surface area contributed by atoms with Crippen molar-refractivity contribution < 1.29 is 19.4 Å². The summed E-state index contributed by atoms with van der Waals surface area (Å²) in [4.78, 5) is 26.6. The molecule has 0 aromatic heterocycles. The number of nitrogens with one attached hydrogen (secondary N) is 1. The number of allylic oxidation sites excluding steroid dienone is 3. The number of phenols is 1. The molecule has 32 heavy (non-hydrogen) atoms. The van der Waals surface area contributed by atoms with E-state index in [2.05, 4.69) is 17.4 Å². The third kappa shape index (κ3) is 4.33. The van der Waals surface area contributed by atoms with E-state index in [0.717, 1.165) is 11.3 Å². The average molecular weight is 432 g/mol. The van der Waals surface area contributed by atoms with E-state index in [-0.39, 0.29) is 23.4 Å². The van der Waals surface area contributed by atoms with Crippen LogP contribution in [-0.2, 0) is 14.3 Å². The molecule has 5 heteroatoms. The van der Waals surface area contributed by atoms with Crippen molar-refractivity contribution in [1.82, 2.24) is 5.32 Å². The van der Waals surface area contributed by atoms with Gasteiger partial charge in [-0.2, -0.15) is 0 Å². The number of phenolic OH excluding ortho intramolecular Hbond substituents is 1. The maximum atomic E-state index is 13.5. The molecule has 2 atom stereocenters. The summed E-state index contributed by atoms with van der Waals surface area (Å²) in [5, 5.41) is 13.5. The van der Waals surface area contributed by atoms with Gasteiger partial charge in [-0.1, -0.05) is 56.3 Å². The van der Waals surface area contributed by atoms with Crippen LogP contribution in [0.5, 0.6) is 5.75 Å². The Morgan fingerprint density at radius 3 is 2.50 bits per heavy atom. The molecule has 0 bridgehead atoms. The molecule has 1 aliphatic carbocycles. The van der Waals surface area contributed by atoms with Gasteiger partial charge < -0.3 is 15.2 Å². The highest BCUT2D eigenvalue weighted by molar-refractivity contribution is 6.04. The van der Waals surface area contributed by atoms with Crippen LogP contribution in [0.25, 0.3) is 0 Å². The predicted octanol–water partition coefficient (Wildman–Crippen LogP) is 4.95. The number of hydrogen-bond donors (Lipinski definition) is 2. The number of rotatable bonds is 5. The van der Waals surface area contributed by atoms with Gasteiger partial charge in [0.2, 0.25) is 0 Å². The van der Waals surface area contributed by atoms with E-state index in [0.29, 0.717) is 41.9 Å². The smallest absolute Gasteiger partial charge is 0.336 e. The van der Waals surface area contributed by atoms with Crippen LogP contribution in [0.1, 0.15) is 56.6 Å². The van der Waals surface area contributed by atoms with Gasteiger partial charge in [-0.15, -0.1) is 0 Å². The summed E-state index contributed by atoms with van der Waals surface area (Å²) in [6.45, 7) is 6.12. The molecule has 1 heterocycles. The zero-order chi connectivity index (χ0) is 22.8. The van der Waals surface area contributed by atoms with Crippen molar-refractivity contribution in [2.24, 2.45) is 5.92 Å². The van der Waals surface area contributed by atoms with E-state index < -0.39 is 11.9 Å². The molecule has 2 aromatic carbocycles. The zero-order valence-electron chi connectivity index (χ0n) is 18.7. The number of ether oxygens (including phenoxy) is 1. The molecule has 2 unspecified atom stereocenters. The Balaban J connectivity index is 1.77. The standard InChI is InChI=1S/C27H29NO4/c1-16(2)15-32-27(31)24-17(3)28-22-13-20(18-8-5-4-6-9-18)14-23(30)26(22)25(24)19-10-7-11-21(29)12-19/h4-12,16,20,25,28-29H,13-15H2,1-3H3. The molecule has 4 rings (SSSR count). The number of esters is 1. The Kier molecular flexibility index (Phi) is 6.17. The van der Waals surface area contributed by atoms with Crippen LogP contribution in [0.2, 0.25) is 0 Å². The zero-order valence-corrected chi connectivity index (χ0v) is 18.7. The van der Waals surface area contributed by atoms with Crippen molar-refractivity contribution in [2.75, 3.05) is 6.61 Å². The summed E-state index contributed by atoms with van der Waals surface area (Å²) < 4.78 is 5.57. The average Bonchev–Trinajstić information content (AvgIpc) is 2.77. The molecule has 0 saturated carbocycles. The second kappa shape index (κ2) is 9.03. The number of ketones is 1. The van der Waals surface area contributed by atoms with Gasteiger partial charge in [-0.05, 0) is 48.4 Å². The minimum absolute atomic E-state index is 0.0163. The third-order valence-electron chi connectivity index (χ3n) is 6.07. The van der Waals surface area contributed by atoms with E-state index in [1.54, 1.807) is 18.2 Å². The first-order valence-electron chi connectivity index (χ1n) is 11.1. The molecule has 166 valence electrons. The Morgan fingerprint density at radius 1 is 1.09 bits per heavy atom. The lowest BCUT2D eigenvalue weighted by Crippen LogP contribution is -2.36. The first-order chi connectivity index (χ1) is 15.3. The SMILES string of the molecule is CC1=C(C(=O)OCC(C)C)C(c2cccc(O)c2)C2=C(CC(c3ccccc3)CC2=O)N1. The van der Waals surface area contributed by atoms with Gasteiger partial charge in [0.15, 0.2) is 5.78 Å². The lowest BCUT2D eigenvalue weighted by molar-refractivity contribution is -0.140. The topological polar surface area (TPSA) is 75.6 Å². The Bertz CT molecular complexity index is 1100. The number of benzene rings is 2. The summed E-state index contributed by atoms with van der Waals surface area (Å²) in [7, 11) is 0. The van der Waals surface area contributed by atoms with Crippen molar-refractivity contribution in [1.29, 1.82) is 0 Å². The lowest BCUT2D eigenvalue weighted by atomic mass is 9.71. The fraction of sp³-hybridized carbons (Fsp3) is 0.333. The summed E-state index contributed by atoms with van der Waals surface area (Å²) in [5.74, 6) is -0.595. The molecule has 1 aliphatic heterocycles. The highest BCUT2D eigenvalue weighted by atomic mass is 16.5. The quantitative estimate of drug-likeness (QED) is 0.655. The van der Waals surface area contributed by atoms with E-state index in [9.17, 15) is 14.7 Å². The van der Waals surface area contributed by atoms with Crippen LogP contribution in [-0.4, -0.2) is 23.5 Å². The van der Waals surface area contributed by atoms with E-state index in [1.807, 2.05) is 45.0 Å². The van der Waals surface area contributed by atoms with Gasteiger partial charge in [-0.3, -0.25) is 4.79 Å². The number of dihydropyridines is 1. The first-order valence-corrected chi connectivity index (χ1v) is 11.1. The van der Waals surface area contributed by atoms with Crippen molar-refractivity contribution in [3.8, 4) is 5.75 Å². The summed E-state index contributed by atoms with van der Waals surface area (Å²) in [5.41, 5.74) is 4.41. The highest BCUT2D eigenvalue weighted by Crippen LogP contribution is 2.46. The Labute approximate surface area is 188 Å². The molecule has 2 aromatic rings. The van der Waals surface area contributed by atoms with Crippen LogP contribution in [0.3, 0.4) is 0 Å². The Morgan fingerprint density at radius 2 is 1.81 bits per heavy atom. The van der Waals surface area contributed by atoms with Gasteiger partial charge in [0.05, 0.1) is 12.2 Å². The van der Waals surface area contributed by atoms with Gasteiger partial charge in [-0.25, -0.2) is 4.79 Å². The number of aromatic hydroxyl groups is 1. The normalized spacial score (nSPS) is 20.8. The molecular formula is C27H29NO4. The monoisotopic (exact) mass is 431 g/mol. The van der Waals surface area contributed by atoms with E-state index in [4.69, 9.17) is 4.74 Å². The second-order valence-electron chi connectivity index (χ2n) is 9.02. The molecule has 2 aliphatic rings. The fourth-order valence-electron chi connectivity index (χ4n) is 4.63. The number of hydrogen-bond acceptors (Lipinski definition) is 5. The van der Waals surface area contributed by atoms with Crippen LogP contribution in [0.4, 0.5) is 0 Å². The number of carbonyl (C=O) groups is 2. The second-order valence-corrected chi connectivity index (χ2v) is 9.02. The number of carbonyl (C=O) groups excluding carboxylic acids is 2. The van der Waals surface area contributed by atoms with Gasteiger partial charge in [0.1, 0.15) is 5.75 Å².